The molecule has 0 aliphatic carbocycles. The number of ether oxygens (including phenoxy) is 1. The van der Waals surface area contributed by atoms with Gasteiger partial charge in [-0.25, -0.2) is 9.78 Å². The normalized spacial score (nSPS) is 17.0. The van der Waals surface area contributed by atoms with Crippen LogP contribution in [-0.4, -0.2) is 65.1 Å². The maximum absolute atomic E-state index is 12.0. The molecule has 1 fully saturated rings. The van der Waals surface area contributed by atoms with Gasteiger partial charge in [-0.3, -0.25) is 0 Å². The van der Waals surface area contributed by atoms with Crippen molar-refractivity contribution in [1.29, 1.82) is 0 Å². The van der Waals surface area contributed by atoms with Gasteiger partial charge in [0.1, 0.15) is 5.94 Å². The molecule has 6 nitrogen and oxygen atoms in total. The second kappa shape index (κ2) is 8.80. The molecule has 2 aliphatic rings. The Morgan fingerprint density at radius 2 is 1.90 bits per heavy atom. The van der Waals surface area contributed by atoms with Crippen molar-refractivity contribution < 1.29 is 9.53 Å². The number of carbonyl (C=O) groups excluding carboxylic acids is 1. The van der Waals surface area contributed by atoms with Crippen molar-refractivity contribution >= 4 is 22.4 Å². The number of aromatic nitrogens is 2. The third kappa shape index (κ3) is 3.88. The molecule has 0 spiro atoms. The number of benzene rings is 2. The highest BCUT2D eigenvalue weighted by Crippen LogP contribution is 2.39. The predicted octanol–water partition coefficient (Wildman–Crippen LogP) is 3.27. The molecule has 0 saturated carbocycles. The molecule has 0 atom stereocenters. The van der Waals surface area contributed by atoms with E-state index in [1.165, 1.54) is 16.3 Å². The second-order valence-electron chi connectivity index (χ2n) is 8.01. The van der Waals surface area contributed by atoms with Crippen molar-refractivity contribution in [1.82, 2.24) is 19.8 Å². The minimum atomic E-state index is 0.595. The van der Waals surface area contributed by atoms with E-state index in [1.807, 2.05) is 6.20 Å². The van der Waals surface area contributed by atoms with Gasteiger partial charge in [0, 0.05) is 37.1 Å². The Balaban J connectivity index is 1.57. The number of imidazole rings is 1. The van der Waals surface area contributed by atoms with Crippen molar-refractivity contribution in [2.75, 3.05) is 39.4 Å². The number of H-pyrrole nitrogens is 1. The maximum atomic E-state index is 12.0. The Hall–Kier alpha value is -3.34. The second-order valence-corrected chi connectivity index (χ2v) is 8.01. The first-order chi connectivity index (χ1) is 15.3. The molecule has 0 radical (unpaired) electrons. The quantitative estimate of drug-likeness (QED) is 0.628. The molecule has 2 aromatic carbocycles. The van der Waals surface area contributed by atoms with E-state index in [1.54, 1.807) is 6.33 Å². The average Bonchev–Trinajstić information content (AvgIpc) is 3.47. The highest BCUT2D eigenvalue weighted by Gasteiger charge is 2.33. The summed E-state index contributed by atoms with van der Waals surface area (Å²) < 4.78 is 5.58. The molecule has 5 rings (SSSR count). The molecule has 2 aliphatic heterocycles. The summed E-state index contributed by atoms with van der Waals surface area (Å²) in [4.78, 5) is 24.0. The van der Waals surface area contributed by atoms with E-state index in [0.717, 1.165) is 55.1 Å². The number of fused-ring (bicyclic) bond motifs is 1. The van der Waals surface area contributed by atoms with Crippen molar-refractivity contribution in [3.8, 4) is 0 Å². The molecule has 31 heavy (non-hydrogen) atoms. The smallest absolute Gasteiger partial charge is 0.132 e. The van der Waals surface area contributed by atoms with Crippen molar-refractivity contribution in [2.24, 2.45) is 0 Å². The lowest BCUT2D eigenvalue weighted by molar-refractivity contribution is 0.0553. The fourth-order valence-electron chi connectivity index (χ4n) is 4.65. The summed E-state index contributed by atoms with van der Waals surface area (Å²) in [5.74, 6) is 2.26. The number of rotatable bonds is 6. The van der Waals surface area contributed by atoms with Crippen molar-refractivity contribution in [3.05, 3.63) is 77.5 Å². The van der Waals surface area contributed by atoms with E-state index in [9.17, 15) is 4.79 Å². The van der Waals surface area contributed by atoms with Gasteiger partial charge in [-0.05, 0) is 23.6 Å². The van der Waals surface area contributed by atoms with Gasteiger partial charge in [0.25, 0.3) is 0 Å². The van der Waals surface area contributed by atoms with Crippen LogP contribution in [0.5, 0.6) is 0 Å². The van der Waals surface area contributed by atoms with Crippen molar-refractivity contribution in [2.45, 2.75) is 12.8 Å². The molecular formula is C25H26N4O2. The van der Waals surface area contributed by atoms with Crippen molar-refractivity contribution in [3.63, 3.8) is 0 Å². The van der Waals surface area contributed by atoms with Gasteiger partial charge in [0.15, 0.2) is 0 Å². The van der Waals surface area contributed by atoms with Gasteiger partial charge in [-0.15, -0.1) is 0 Å². The van der Waals surface area contributed by atoms with Gasteiger partial charge in [0.05, 0.1) is 43.1 Å². The van der Waals surface area contributed by atoms with Crippen LogP contribution in [0.15, 0.2) is 66.3 Å². The number of hydrogen-bond acceptors (Lipinski definition) is 5. The van der Waals surface area contributed by atoms with Crippen LogP contribution in [0.2, 0.25) is 0 Å². The SMILES string of the molecule is O=C=C1CN(CCCc2cnc[nH]2)C(c2cccc3ccccc23)=C1N1CCOCC1. The summed E-state index contributed by atoms with van der Waals surface area (Å²) in [6.07, 6.45) is 5.49. The Labute approximate surface area is 181 Å². The highest BCUT2D eigenvalue weighted by atomic mass is 16.5. The monoisotopic (exact) mass is 414 g/mol. The Bertz CT molecular complexity index is 1130. The lowest BCUT2D eigenvalue weighted by Crippen LogP contribution is -2.36. The van der Waals surface area contributed by atoms with Gasteiger partial charge in [-0.2, -0.15) is 0 Å². The van der Waals surface area contributed by atoms with Crippen LogP contribution >= 0.6 is 0 Å². The number of nitrogens with zero attached hydrogens (tertiary/aromatic N) is 3. The third-order valence-corrected chi connectivity index (χ3v) is 6.10. The Morgan fingerprint density at radius 1 is 1.06 bits per heavy atom. The van der Waals surface area contributed by atoms with Crippen LogP contribution in [0.1, 0.15) is 17.7 Å². The molecule has 1 saturated heterocycles. The largest absolute Gasteiger partial charge is 0.378 e. The first-order valence-electron chi connectivity index (χ1n) is 10.9. The Kier molecular flexibility index (Phi) is 5.57. The van der Waals surface area contributed by atoms with Crippen LogP contribution in [0.3, 0.4) is 0 Å². The van der Waals surface area contributed by atoms with Gasteiger partial charge in [0.2, 0.25) is 0 Å². The minimum absolute atomic E-state index is 0.595. The fourth-order valence-corrected chi connectivity index (χ4v) is 4.65. The van der Waals surface area contributed by atoms with E-state index in [0.29, 0.717) is 19.8 Å². The molecule has 158 valence electrons. The van der Waals surface area contributed by atoms with Gasteiger partial charge < -0.3 is 19.5 Å². The zero-order valence-corrected chi connectivity index (χ0v) is 17.5. The summed E-state index contributed by atoms with van der Waals surface area (Å²) in [6, 6.07) is 14.9. The van der Waals surface area contributed by atoms with Gasteiger partial charge in [-0.1, -0.05) is 42.5 Å². The summed E-state index contributed by atoms with van der Waals surface area (Å²) in [5, 5.41) is 2.41. The molecule has 3 heterocycles. The first-order valence-corrected chi connectivity index (χ1v) is 10.9. The number of morpholine rings is 1. The van der Waals surface area contributed by atoms with Gasteiger partial charge >= 0.3 is 0 Å². The van der Waals surface area contributed by atoms with E-state index < -0.39 is 0 Å². The number of aryl methyl sites for hydroxylation is 1. The lowest BCUT2D eigenvalue weighted by atomic mass is 10.00. The van der Waals surface area contributed by atoms with Crippen LogP contribution in [0.4, 0.5) is 0 Å². The fraction of sp³-hybridized carbons (Fsp3) is 0.320. The van der Waals surface area contributed by atoms with Crippen LogP contribution < -0.4 is 0 Å². The topological polar surface area (TPSA) is 61.5 Å². The molecule has 1 aromatic heterocycles. The summed E-state index contributed by atoms with van der Waals surface area (Å²) in [7, 11) is 0. The van der Waals surface area contributed by atoms with Crippen LogP contribution in [0.25, 0.3) is 16.5 Å². The molecule has 1 N–H and O–H groups in total. The molecular weight excluding hydrogens is 388 g/mol. The number of hydrogen-bond donors (Lipinski definition) is 1. The molecule has 3 aromatic rings. The van der Waals surface area contributed by atoms with E-state index in [2.05, 4.69) is 68.2 Å². The summed E-state index contributed by atoms with van der Waals surface area (Å²) >= 11 is 0. The van der Waals surface area contributed by atoms with E-state index >= 15 is 0 Å². The predicted molar refractivity (Wildman–Crippen MR) is 121 cm³/mol. The summed E-state index contributed by atoms with van der Waals surface area (Å²) in [6.45, 7) is 4.39. The maximum Gasteiger partial charge on any atom is 0.132 e. The third-order valence-electron chi connectivity index (χ3n) is 6.10. The minimum Gasteiger partial charge on any atom is -0.378 e. The highest BCUT2D eigenvalue weighted by molar-refractivity contribution is 5.96. The van der Waals surface area contributed by atoms with E-state index in [4.69, 9.17) is 4.74 Å². The number of nitrogens with one attached hydrogen (secondary N) is 1. The summed E-state index contributed by atoms with van der Waals surface area (Å²) in [5.41, 5.74) is 5.21. The zero-order valence-electron chi connectivity index (χ0n) is 17.5. The Morgan fingerprint density at radius 3 is 2.71 bits per heavy atom. The molecule has 0 bridgehead atoms. The first kappa shape index (κ1) is 19.6. The number of aromatic amines is 1. The van der Waals surface area contributed by atoms with Crippen LogP contribution in [0, 0.1) is 0 Å². The molecule has 6 heteroatoms. The lowest BCUT2D eigenvalue weighted by Gasteiger charge is -2.31. The van der Waals surface area contributed by atoms with Crippen LogP contribution in [-0.2, 0) is 16.0 Å². The van der Waals surface area contributed by atoms with E-state index in [-0.39, 0.29) is 0 Å². The standard InChI is InChI=1S/C25H26N4O2/c30-17-20-16-29(10-4-7-21-15-26-18-27-21)25(24(20)28-11-13-31-14-12-28)23-9-3-6-19-5-1-2-8-22(19)23/h1-3,5-6,8-9,15,18H,4,7,10-14,16H2,(H,26,27). The zero-order chi connectivity index (χ0) is 21.0. The molecule has 0 amide bonds. The average molecular weight is 415 g/mol. The molecule has 0 unspecified atom stereocenters.